The minimum absolute atomic E-state index is 0.185. The van der Waals surface area contributed by atoms with Crippen LogP contribution in [0, 0.1) is 5.82 Å². The number of hydrogen-bond donors (Lipinski definition) is 1. The summed E-state index contributed by atoms with van der Waals surface area (Å²) < 4.78 is 14.5. The standard InChI is InChI=1S/C15H25FN4/c1-4-17-11-12-5-8-18-15(14(12)16)20(3)13-6-9-19(2)10-7-13/h5,8,13,17H,4,6-7,9-11H2,1-3H3. The Kier molecular flexibility index (Phi) is 5.31. The van der Waals surface area contributed by atoms with Gasteiger partial charge in [0.2, 0.25) is 0 Å². The van der Waals surface area contributed by atoms with Gasteiger partial charge in [-0.05, 0) is 45.6 Å². The van der Waals surface area contributed by atoms with Crippen molar-refractivity contribution in [2.75, 3.05) is 38.6 Å². The molecule has 1 N–H and O–H groups in total. The van der Waals surface area contributed by atoms with Crippen molar-refractivity contribution in [2.24, 2.45) is 0 Å². The number of halogens is 1. The number of likely N-dealkylation sites (tertiary alicyclic amines) is 1. The van der Waals surface area contributed by atoms with Crippen LogP contribution in [0.5, 0.6) is 0 Å². The lowest BCUT2D eigenvalue weighted by atomic mass is 10.0. The molecule has 4 nitrogen and oxygen atoms in total. The zero-order valence-electron chi connectivity index (χ0n) is 12.7. The topological polar surface area (TPSA) is 31.4 Å². The molecule has 0 aliphatic carbocycles. The molecule has 112 valence electrons. The first kappa shape index (κ1) is 15.2. The number of nitrogens with one attached hydrogen (secondary N) is 1. The highest BCUT2D eigenvalue weighted by Crippen LogP contribution is 2.24. The molecule has 1 aliphatic rings. The summed E-state index contributed by atoms with van der Waals surface area (Å²) in [7, 11) is 4.09. The van der Waals surface area contributed by atoms with Crippen molar-refractivity contribution in [3.8, 4) is 0 Å². The van der Waals surface area contributed by atoms with Crippen molar-refractivity contribution < 1.29 is 4.39 Å². The molecule has 1 saturated heterocycles. The van der Waals surface area contributed by atoms with Crippen LogP contribution in [0.3, 0.4) is 0 Å². The van der Waals surface area contributed by atoms with Crippen LogP contribution in [0.2, 0.25) is 0 Å². The summed E-state index contributed by atoms with van der Waals surface area (Å²) in [4.78, 5) is 8.58. The second-order valence-corrected chi connectivity index (χ2v) is 5.53. The number of pyridine rings is 1. The minimum Gasteiger partial charge on any atom is -0.354 e. The SMILES string of the molecule is CCNCc1ccnc(N(C)C2CCN(C)CC2)c1F. The number of hydrogen-bond acceptors (Lipinski definition) is 4. The van der Waals surface area contributed by atoms with Crippen LogP contribution in [-0.2, 0) is 6.54 Å². The maximum atomic E-state index is 14.5. The number of nitrogens with zero attached hydrogens (tertiary/aromatic N) is 3. The van der Waals surface area contributed by atoms with E-state index >= 15 is 0 Å². The van der Waals surface area contributed by atoms with E-state index < -0.39 is 0 Å². The summed E-state index contributed by atoms with van der Waals surface area (Å²) in [5.41, 5.74) is 0.691. The predicted octanol–water partition coefficient (Wildman–Crippen LogP) is 1.86. The molecule has 0 atom stereocenters. The van der Waals surface area contributed by atoms with Crippen molar-refractivity contribution in [3.63, 3.8) is 0 Å². The van der Waals surface area contributed by atoms with Crippen molar-refractivity contribution >= 4 is 5.82 Å². The monoisotopic (exact) mass is 280 g/mol. The highest BCUT2D eigenvalue weighted by atomic mass is 19.1. The first-order valence-electron chi connectivity index (χ1n) is 7.39. The molecule has 0 aromatic carbocycles. The summed E-state index contributed by atoms with van der Waals surface area (Å²) in [6.45, 7) is 5.53. The molecular formula is C15H25FN4. The van der Waals surface area contributed by atoms with E-state index in [0.29, 0.717) is 24.0 Å². The molecular weight excluding hydrogens is 255 g/mol. The van der Waals surface area contributed by atoms with E-state index in [2.05, 4.69) is 22.2 Å². The van der Waals surface area contributed by atoms with Gasteiger partial charge in [0.1, 0.15) is 0 Å². The van der Waals surface area contributed by atoms with Gasteiger partial charge in [0.25, 0.3) is 0 Å². The van der Waals surface area contributed by atoms with Crippen molar-refractivity contribution in [1.82, 2.24) is 15.2 Å². The van der Waals surface area contributed by atoms with Crippen LogP contribution in [0.4, 0.5) is 10.2 Å². The largest absolute Gasteiger partial charge is 0.354 e. The van der Waals surface area contributed by atoms with Crippen molar-refractivity contribution in [2.45, 2.75) is 32.4 Å². The molecule has 0 amide bonds. The lowest BCUT2D eigenvalue weighted by molar-refractivity contribution is 0.252. The number of aromatic nitrogens is 1. The summed E-state index contributed by atoms with van der Waals surface area (Å²) in [6, 6.07) is 2.13. The van der Waals surface area contributed by atoms with Gasteiger partial charge in [-0.15, -0.1) is 0 Å². The third kappa shape index (κ3) is 3.46. The fourth-order valence-electron chi connectivity index (χ4n) is 2.67. The van der Waals surface area contributed by atoms with E-state index in [0.717, 1.165) is 32.5 Å². The molecule has 1 aromatic heterocycles. The quantitative estimate of drug-likeness (QED) is 0.892. The van der Waals surface area contributed by atoms with Crippen LogP contribution < -0.4 is 10.2 Å². The van der Waals surface area contributed by atoms with Gasteiger partial charge in [-0.25, -0.2) is 9.37 Å². The lowest BCUT2D eigenvalue weighted by Gasteiger charge is -2.36. The van der Waals surface area contributed by atoms with E-state index in [1.807, 2.05) is 18.9 Å². The Balaban J connectivity index is 2.11. The van der Waals surface area contributed by atoms with Gasteiger partial charge >= 0.3 is 0 Å². The average molecular weight is 280 g/mol. The highest BCUT2D eigenvalue weighted by molar-refractivity contribution is 5.43. The zero-order valence-corrected chi connectivity index (χ0v) is 12.7. The Hall–Kier alpha value is -1.20. The van der Waals surface area contributed by atoms with Gasteiger partial charge in [-0.2, -0.15) is 0 Å². The fourth-order valence-corrected chi connectivity index (χ4v) is 2.67. The molecule has 1 aliphatic heterocycles. The smallest absolute Gasteiger partial charge is 0.170 e. The van der Waals surface area contributed by atoms with E-state index in [-0.39, 0.29) is 5.82 Å². The predicted molar refractivity (Wildman–Crippen MR) is 80.5 cm³/mol. The van der Waals surface area contributed by atoms with E-state index in [1.54, 1.807) is 12.3 Å². The van der Waals surface area contributed by atoms with Crippen LogP contribution >= 0.6 is 0 Å². The van der Waals surface area contributed by atoms with Crippen molar-refractivity contribution in [3.05, 3.63) is 23.6 Å². The molecule has 2 heterocycles. The molecule has 5 heteroatoms. The van der Waals surface area contributed by atoms with Crippen LogP contribution in [0.25, 0.3) is 0 Å². The molecule has 1 fully saturated rings. The molecule has 0 spiro atoms. The Morgan fingerprint density at radius 3 is 2.80 bits per heavy atom. The third-order valence-electron chi connectivity index (χ3n) is 4.09. The van der Waals surface area contributed by atoms with Crippen molar-refractivity contribution in [1.29, 1.82) is 0 Å². The molecule has 0 saturated carbocycles. The maximum Gasteiger partial charge on any atom is 0.170 e. The molecule has 0 unspecified atom stereocenters. The van der Waals surface area contributed by atoms with Crippen LogP contribution in [0.1, 0.15) is 25.3 Å². The van der Waals surface area contributed by atoms with Gasteiger partial charge in [-0.1, -0.05) is 6.92 Å². The minimum atomic E-state index is -0.185. The van der Waals surface area contributed by atoms with Gasteiger partial charge in [0.15, 0.2) is 11.6 Å². The molecule has 20 heavy (non-hydrogen) atoms. The average Bonchev–Trinajstić information content (AvgIpc) is 2.46. The second kappa shape index (κ2) is 6.99. The summed E-state index contributed by atoms with van der Waals surface area (Å²) in [5, 5.41) is 3.16. The van der Waals surface area contributed by atoms with Gasteiger partial charge in [-0.3, -0.25) is 0 Å². The molecule has 1 aromatic rings. The Labute approximate surface area is 121 Å². The number of rotatable bonds is 5. The van der Waals surface area contributed by atoms with Crippen LogP contribution in [0.15, 0.2) is 12.3 Å². The summed E-state index contributed by atoms with van der Waals surface area (Å²) in [6.07, 6.45) is 3.83. The van der Waals surface area contributed by atoms with E-state index in [1.165, 1.54) is 0 Å². The molecule has 0 bridgehead atoms. The fraction of sp³-hybridized carbons (Fsp3) is 0.667. The zero-order chi connectivity index (χ0) is 14.5. The van der Waals surface area contributed by atoms with Gasteiger partial charge in [0, 0.05) is 31.4 Å². The van der Waals surface area contributed by atoms with Gasteiger partial charge in [0.05, 0.1) is 0 Å². The first-order chi connectivity index (χ1) is 9.63. The Bertz CT molecular complexity index is 430. The second-order valence-electron chi connectivity index (χ2n) is 5.53. The van der Waals surface area contributed by atoms with E-state index in [9.17, 15) is 4.39 Å². The Morgan fingerprint density at radius 1 is 1.45 bits per heavy atom. The lowest BCUT2D eigenvalue weighted by Crippen LogP contribution is -2.42. The Morgan fingerprint density at radius 2 is 2.15 bits per heavy atom. The van der Waals surface area contributed by atoms with Crippen LogP contribution in [-0.4, -0.2) is 49.7 Å². The van der Waals surface area contributed by atoms with E-state index in [4.69, 9.17) is 0 Å². The third-order valence-corrected chi connectivity index (χ3v) is 4.09. The summed E-state index contributed by atoms with van der Waals surface area (Å²) >= 11 is 0. The molecule has 0 radical (unpaired) electrons. The number of anilines is 1. The molecule has 2 rings (SSSR count). The highest BCUT2D eigenvalue weighted by Gasteiger charge is 2.24. The number of piperidine rings is 1. The normalized spacial score (nSPS) is 17.4. The van der Waals surface area contributed by atoms with Gasteiger partial charge < -0.3 is 15.1 Å². The summed E-state index contributed by atoms with van der Waals surface area (Å²) in [5.74, 6) is 0.296. The first-order valence-corrected chi connectivity index (χ1v) is 7.39. The maximum absolute atomic E-state index is 14.5.